The number of hydrogen-bond acceptors (Lipinski definition) is 12. The zero-order valence-corrected chi connectivity index (χ0v) is 18.1. The Morgan fingerprint density at radius 1 is 0.667 bits per heavy atom. The number of rotatable bonds is 3. The molecule has 168 valence electrons. The fourth-order valence-electron chi connectivity index (χ4n) is 3.66. The lowest BCUT2D eigenvalue weighted by Crippen LogP contribution is -2.22. The van der Waals surface area contributed by atoms with Crippen LogP contribution in [0.2, 0.25) is 0 Å². The third-order valence-corrected chi connectivity index (χ3v) is 5.31. The van der Waals surface area contributed by atoms with Crippen molar-refractivity contribution in [1.29, 1.82) is 5.26 Å². The molecule has 0 bridgehead atoms. The van der Waals surface area contributed by atoms with Crippen molar-refractivity contribution in [2.45, 2.75) is 0 Å². The Kier molecular flexibility index (Phi) is 4.21. The minimum Gasteiger partial charge on any atom is -0.434 e. The maximum atomic E-state index is 10.0. The van der Waals surface area contributed by atoms with Gasteiger partial charge in [-0.3, -0.25) is 0 Å². The molecule has 36 heavy (non-hydrogen) atoms. The van der Waals surface area contributed by atoms with Crippen LogP contribution in [-0.4, -0.2) is 35.1 Å². The van der Waals surface area contributed by atoms with Crippen molar-refractivity contribution >= 4 is 27.8 Å². The largest absolute Gasteiger partial charge is 0.434 e. The van der Waals surface area contributed by atoms with Crippen molar-refractivity contribution in [3.8, 4) is 29.5 Å². The Labute approximate surface area is 200 Å². The number of allylic oxidation sites excluding steroid dienone is 1. The van der Waals surface area contributed by atoms with E-state index in [0.717, 1.165) is 0 Å². The quantitative estimate of drug-likeness (QED) is 0.351. The standard InChI is InChI=1S/C24H10N10O2/c25-9-12(19-28-15-10-26-27-11-16(15)29-19)20-32-21(23-30-13-5-1-3-7-17(13)35-23)34-22(33-20)24-31-14-6-2-4-8-18(14)36-24/h1-8,10-11H. The van der Waals surface area contributed by atoms with Crippen LogP contribution in [0.3, 0.4) is 0 Å². The second kappa shape index (κ2) is 7.67. The molecule has 0 atom stereocenters. The van der Waals surface area contributed by atoms with Crippen LogP contribution in [0.25, 0.3) is 51.2 Å². The molecule has 12 heteroatoms. The number of hydrogen-bond donors (Lipinski definition) is 0. The van der Waals surface area contributed by atoms with E-state index in [1.54, 1.807) is 12.1 Å². The van der Waals surface area contributed by atoms with Crippen LogP contribution in [0.1, 0.15) is 5.82 Å². The number of nitriles is 1. The molecule has 1 aliphatic rings. The van der Waals surface area contributed by atoms with Gasteiger partial charge in [0.05, 0.1) is 12.4 Å². The SMILES string of the molecule is N#CC(=C1N=c2cnncc2=N1)c1nc(-c2nc3ccccc3o2)nc(-c2nc3ccccc3o2)n1. The second-order valence-electron chi connectivity index (χ2n) is 7.57. The molecule has 0 unspecified atom stereocenters. The van der Waals surface area contributed by atoms with Crippen molar-refractivity contribution < 1.29 is 8.83 Å². The van der Waals surface area contributed by atoms with Gasteiger partial charge in [0.25, 0.3) is 11.8 Å². The molecule has 12 nitrogen and oxygen atoms in total. The molecule has 0 fully saturated rings. The van der Waals surface area contributed by atoms with Crippen molar-refractivity contribution in [1.82, 2.24) is 35.1 Å². The highest BCUT2D eigenvalue weighted by Gasteiger charge is 2.23. The first-order chi connectivity index (χ1) is 17.7. The topological polar surface area (TPSA) is 165 Å². The lowest BCUT2D eigenvalue weighted by atomic mass is 10.2. The highest BCUT2D eigenvalue weighted by Crippen LogP contribution is 2.28. The molecular weight excluding hydrogens is 460 g/mol. The van der Waals surface area contributed by atoms with E-state index in [-0.39, 0.29) is 40.6 Å². The molecule has 0 amide bonds. The monoisotopic (exact) mass is 470 g/mol. The maximum absolute atomic E-state index is 10.0. The van der Waals surface area contributed by atoms with Crippen molar-refractivity contribution in [2.24, 2.45) is 9.98 Å². The summed E-state index contributed by atoms with van der Waals surface area (Å²) in [6, 6.07) is 16.7. The second-order valence-corrected chi connectivity index (χ2v) is 7.57. The van der Waals surface area contributed by atoms with Crippen LogP contribution >= 0.6 is 0 Å². The molecule has 7 rings (SSSR count). The number of oxazole rings is 2. The molecule has 0 spiro atoms. The molecule has 0 aliphatic carbocycles. The molecule has 0 radical (unpaired) electrons. The van der Waals surface area contributed by atoms with Crippen LogP contribution in [0.15, 0.2) is 85.6 Å². The zero-order valence-electron chi connectivity index (χ0n) is 18.1. The molecule has 0 saturated heterocycles. The normalized spacial score (nSPS) is 12.2. The van der Waals surface area contributed by atoms with Crippen LogP contribution in [0.5, 0.6) is 0 Å². The summed E-state index contributed by atoms with van der Waals surface area (Å²) in [6.45, 7) is 0. The van der Waals surface area contributed by atoms with Gasteiger partial charge >= 0.3 is 0 Å². The molecule has 1 aliphatic heterocycles. The molecule has 6 aromatic rings. The number of fused-ring (bicyclic) bond motifs is 3. The third-order valence-electron chi connectivity index (χ3n) is 5.31. The van der Waals surface area contributed by atoms with E-state index < -0.39 is 0 Å². The highest BCUT2D eigenvalue weighted by molar-refractivity contribution is 5.79. The van der Waals surface area contributed by atoms with E-state index in [0.29, 0.717) is 32.9 Å². The summed E-state index contributed by atoms with van der Waals surface area (Å²) in [5.74, 6) is 0.632. The van der Waals surface area contributed by atoms with Gasteiger partial charge in [0, 0.05) is 0 Å². The first kappa shape index (κ1) is 19.7. The smallest absolute Gasteiger partial charge is 0.266 e. The molecule has 5 heterocycles. The predicted octanol–water partition coefficient (Wildman–Crippen LogP) is 2.42. The van der Waals surface area contributed by atoms with E-state index in [4.69, 9.17) is 8.83 Å². The first-order valence-corrected chi connectivity index (χ1v) is 10.6. The average Bonchev–Trinajstić information content (AvgIpc) is 3.65. The van der Waals surface area contributed by atoms with E-state index in [1.807, 2.05) is 36.4 Å². The lowest BCUT2D eigenvalue weighted by Gasteiger charge is -2.03. The van der Waals surface area contributed by atoms with Gasteiger partial charge in [0.2, 0.25) is 11.6 Å². The molecular formula is C24H10N10O2. The summed E-state index contributed by atoms with van der Waals surface area (Å²) in [6.07, 6.45) is 2.92. The number of benzene rings is 2. The van der Waals surface area contributed by atoms with Gasteiger partial charge in [-0.2, -0.15) is 20.4 Å². The van der Waals surface area contributed by atoms with Crippen LogP contribution in [0, 0.1) is 11.3 Å². The number of para-hydroxylation sites is 4. The number of aromatic nitrogens is 7. The summed E-state index contributed by atoms with van der Waals surface area (Å²) in [4.78, 5) is 31.2. The lowest BCUT2D eigenvalue weighted by molar-refractivity contribution is 0.604. The van der Waals surface area contributed by atoms with Crippen LogP contribution in [-0.2, 0) is 0 Å². The van der Waals surface area contributed by atoms with Crippen molar-refractivity contribution in [2.75, 3.05) is 0 Å². The summed E-state index contributed by atoms with van der Waals surface area (Å²) >= 11 is 0. The van der Waals surface area contributed by atoms with Gasteiger partial charge in [-0.15, -0.1) is 0 Å². The Morgan fingerprint density at radius 2 is 1.19 bits per heavy atom. The number of nitrogens with zero attached hydrogens (tertiary/aromatic N) is 10. The minimum absolute atomic E-state index is 0.0123. The Morgan fingerprint density at radius 3 is 1.69 bits per heavy atom. The fraction of sp³-hybridized carbons (Fsp3) is 0. The molecule has 2 aromatic carbocycles. The van der Waals surface area contributed by atoms with Gasteiger partial charge in [-0.25, -0.2) is 29.9 Å². The summed E-state index contributed by atoms with van der Waals surface area (Å²) in [5.41, 5.74) is 2.41. The van der Waals surface area contributed by atoms with E-state index in [9.17, 15) is 5.26 Å². The molecule has 0 N–H and O–H groups in total. The Bertz CT molecular complexity index is 1840. The van der Waals surface area contributed by atoms with Gasteiger partial charge in [0.15, 0.2) is 22.8 Å². The Balaban J connectivity index is 1.47. The highest BCUT2D eigenvalue weighted by atomic mass is 16.4. The summed E-state index contributed by atoms with van der Waals surface area (Å²) in [7, 11) is 0. The zero-order chi connectivity index (χ0) is 24.1. The maximum Gasteiger partial charge on any atom is 0.266 e. The third kappa shape index (κ3) is 3.19. The van der Waals surface area contributed by atoms with Gasteiger partial charge in [0.1, 0.15) is 33.4 Å². The summed E-state index contributed by atoms with van der Waals surface area (Å²) in [5, 5.41) is 18.6. The van der Waals surface area contributed by atoms with Gasteiger partial charge < -0.3 is 8.83 Å². The fourth-order valence-corrected chi connectivity index (χ4v) is 3.66. The van der Waals surface area contributed by atoms with E-state index in [1.165, 1.54) is 12.4 Å². The minimum atomic E-state index is 0.0123. The molecule has 0 saturated carbocycles. The Hall–Kier alpha value is -5.70. The van der Waals surface area contributed by atoms with Crippen molar-refractivity contribution in [3.05, 3.63) is 83.3 Å². The predicted molar refractivity (Wildman–Crippen MR) is 123 cm³/mol. The van der Waals surface area contributed by atoms with E-state index in [2.05, 4.69) is 51.2 Å². The van der Waals surface area contributed by atoms with Crippen LogP contribution in [0.4, 0.5) is 0 Å². The van der Waals surface area contributed by atoms with Crippen molar-refractivity contribution in [3.63, 3.8) is 0 Å². The summed E-state index contributed by atoms with van der Waals surface area (Å²) < 4.78 is 11.7. The van der Waals surface area contributed by atoms with Gasteiger partial charge in [-0.05, 0) is 24.3 Å². The average molecular weight is 470 g/mol. The van der Waals surface area contributed by atoms with Gasteiger partial charge in [-0.1, -0.05) is 24.3 Å². The molecule has 4 aromatic heterocycles. The first-order valence-electron chi connectivity index (χ1n) is 10.6. The van der Waals surface area contributed by atoms with Crippen LogP contribution < -0.4 is 10.7 Å². The van der Waals surface area contributed by atoms with E-state index >= 15 is 0 Å².